The molecule has 0 bridgehead atoms. The van der Waals surface area contributed by atoms with Crippen molar-refractivity contribution in [2.24, 2.45) is 0 Å². The summed E-state index contributed by atoms with van der Waals surface area (Å²) in [5.41, 5.74) is -1.05. The Hall–Kier alpha value is -1.88. The second kappa shape index (κ2) is 7.03. The molecule has 1 atom stereocenters. The largest absolute Gasteiger partial charge is 0.416 e. The van der Waals surface area contributed by atoms with E-state index < -0.39 is 40.3 Å². The molecule has 0 radical (unpaired) electrons. The van der Waals surface area contributed by atoms with Gasteiger partial charge in [-0.05, 0) is 26.0 Å². The maximum Gasteiger partial charge on any atom is 0.416 e. The zero-order valence-electron chi connectivity index (χ0n) is 14.5. The summed E-state index contributed by atoms with van der Waals surface area (Å²) in [6.45, 7) is 2.03. The van der Waals surface area contributed by atoms with Gasteiger partial charge in [-0.15, -0.1) is 0 Å². The van der Waals surface area contributed by atoms with E-state index in [-0.39, 0.29) is 23.7 Å². The molecule has 1 aliphatic heterocycles. The van der Waals surface area contributed by atoms with E-state index in [4.69, 9.17) is 4.74 Å². The number of carbonyl (C=O) groups excluding carboxylic acids is 1. The first-order chi connectivity index (χ1) is 11.8. The molecule has 1 aromatic heterocycles. The van der Waals surface area contributed by atoms with Crippen LogP contribution in [0.4, 0.5) is 18.0 Å². The topological polar surface area (TPSA) is 88.6 Å². The molecule has 2 heterocycles. The molecular weight excluding hydrogens is 375 g/mol. The lowest BCUT2D eigenvalue weighted by atomic mass is 10.1. The number of amides is 2. The Balaban J connectivity index is 2.11. The van der Waals surface area contributed by atoms with Gasteiger partial charge < -0.3 is 15.0 Å². The molecule has 1 aliphatic rings. The van der Waals surface area contributed by atoms with Crippen LogP contribution in [-0.2, 0) is 21.1 Å². The first kappa shape index (κ1) is 20.4. The summed E-state index contributed by atoms with van der Waals surface area (Å²) in [6.07, 6.45) is -4.30. The van der Waals surface area contributed by atoms with Crippen LogP contribution in [-0.4, -0.2) is 61.6 Å². The fourth-order valence-electron chi connectivity index (χ4n) is 2.67. The van der Waals surface area contributed by atoms with Gasteiger partial charge in [0.05, 0.1) is 35.8 Å². The molecule has 1 saturated heterocycles. The molecule has 7 nitrogen and oxygen atoms in total. The van der Waals surface area contributed by atoms with Crippen LogP contribution >= 0.6 is 0 Å². The average Bonchev–Trinajstić information content (AvgIpc) is 2.49. The summed E-state index contributed by atoms with van der Waals surface area (Å²) in [7, 11) is -3.55. The standard InChI is InChI=1S/C15H20F3N3O4S/c1-14(2)9-21(8-12(25-14)15(16,17)18)13(22)20-7-10-11(26(3,23)24)5-4-6-19-10/h4-6,12H,7-9H2,1-3H3,(H,20,22). The normalized spacial score (nSPS) is 20.7. The number of hydrogen-bond donors (Lipinski definition) is 1. The average molecular weight is 395 g/mol. The third kappa shape index (κ3) is 5.07. The second-order valence-electron chi connectivity index (χ2n) is 6.67. The number of hydrogen-bond acceptors (Lipinski definition) is 5. The van der Waals surface area contributed by atoms with Crippen molar-refractivity contribution < 1.29 is 31.1 Å². The lowest BCUT2D eigenvalue weighted by Gasteiger charge is -2.43. The van der Waals surface area contributed by atoms with Gasteiger partial charge in [-0.1, -0.05) is 0 Å². The highest BCUT2D eigenvalue weighted by Gasteiger charge is 2.49. The van der Waals surface area contributed by atoms with Crippen LogP contribution in [0.15, 0.2) is 23.2 Å². The number of alkyl halides is 3. The van der Waals surface area contributed by atoms with E-state index >= 15 is 0 Å². The Morgan fingerprint density at radius 2 is 2.12 bits per heavy atom. The third-order valence-corrected chi connectivity index (χ3v) is 4.90. The molecule has 1 fully saturated rings. The van der Waals surface area contributed by atoms with Crippen LogP contribution in [0.1, 0.15) is 19.5 Å². The van der Waals surface area contributed by atoms with E-state index in [2.05, 4.69) is 10.3 Å². The van der Waals surface area contributed by atoms with Gasteiger partial charge in [-0.25, -0.2) is 13.2 Å². The number of nitrogens with one attached hydrogen (secondary N) is 1. The first-order valence-electron chi connectivity index (χ1n) is 7.71. The number of aromatic nitrogens is 1. The van der Waals surface area contributed by atoms with Gasteiger partial charge in [0.15, 0.2) is 15.9 Å². The van der Waals surface area contributed by atoms with Gasteiger partial charge in [-0.3, -0.25) is 4.98 Å². The molecule has 0 aromatic carbocycles. The summed E-state index contributed by atoms with van der Waals surface area (Å²) in [5, 5.41) is 2.43. The molecule has 1 N–H and O–H groups in total. The summed E-state index contributed by atoms with van der Waals surface area (Å²) >= 11 is 0. The van der Waals surface area contributed by atoms with Crippen molar-refractivity contribution in [2.45, 2.75) is 43.2 Å². The minimum Gasteiger partial charge on any atom is -0.359 e. The number of urea groups is 1. The van der Waals surface area contributed by atoms with E-state index in [9.17, 15) is 26.4 Å². The fraction of sp³-hybridized carbons (Fsp3) is 0.600. The molecular formula is C15H20F3N3O4S. The molecule has 1 unspecified atom stereocenters. The Morgan fingerprint density at radius 3 is 2.69 bits per heavy atom. The van der Waals surface area contributed by atoms with Crippen LogP contribution in [0.25, 0.3) is 0 Å². The van der Waals surface area contributed by atoms with E-state index in [0.717, 1.165) is 11.2 Å². The SMILES string of the molecule is CC1(C)CN(C(=O)NCc2ncccc2S(C)(=O)=O)CC(C(F)(F)F)O1. The highest BCUT2D eigenvalue weighted by molar-refractivity contribution is 7.90. The van der Waals surface area contributed by atoms with Crippen molar-refractivity contribution in [2.75, 3.05) is 19.3 Å². The van der Waals surface area contributed by atoms with Gasteiger partial charge >= 0.3 is 12.2 Å². The molecule has 2 rings (SSSR count). The van der Waals surface area contributed by atoms with Gasteiger partial charge in [0.1, 0.15) is 0 Å². The lowest BCUT2D eigenvalue weighted by Crippen LogP contribution is -2.60. The predicted octanol–water partition coefficient (Wildman–Crippen LogP) is 1.74. The summed E-state index contributed by atoms with van der Waals surface area (Å²) in [4.78, 5) is 17.2. The molecule has 2 amide bonds. The number of pyridine rings is 1. The highest BCUT2D eigenvalue weighted by atomic mass is 32.2. The van der Waals surface area contributed by atoms with Crippen LogP contribution in [0, 0.1) is 0 Å². The molecule has 26 heavy (non-hydrogen) atoms. The van der Waals surface area contributed by atoms with Gasteiger partial charge in [0, 0.05) is 12.5 Å². The minimum absolute atomic E-state index is 0.0352. The maximum atomic E-state index is 13.0. The zero-order chi connectivity index (χ0) is 19.8. The summed E-state index contributed by atoms with van der Waals surface area (Å²) in [6, 6.07) is 2.04. The van der Waals surface area contributed by atoms with Gasteiger partial charge in [0.25, 0.3) is 0 Å². The van der Waals surface area contributed by atoms with E-state index in [0.29, 0.717) is 0 Å². The van der Waals surface area contributed by atoms with Crippen molar-refractivity contribution in [3.8, 4) is 0 Å². The number of morpholine rings is 1. The first-order valence-corrected chi connectivity index (χ1v) is 9.60. The summed E-state index contributed by atoms with van der Waals surface area (Å²) in [5.74, 6) is 0. The van der Waals surface area contributed by atoms with Crippen LogP contribution < -0.4 is 5.32 Å². The Bertz CT molecular complexity index is 781. The molecule has 1 aromatic rings. The van der Waals surface area contributed by atoms with Gasteiger partial charge in [-0.2, -0.15) is 13.2 Å². The Labute approximate surface area is 149 Å². The third-order valence-electron chi connectivity index (χ3n) is 3.73. The minimum atomic E-state index is -4.60. The monoisotopic (exact) mass is 395 g/mol. The Morgan fingerprint density at radius 1 is 1.46 bits per heavy atom. The number of sulfone groups is 1. The predicted molar refractivity (Wildman–Crippen MR) is 86.2 cm³/mol. The smallest absolute Gasteiger partial charge is 0.359 e. The number of nitrogens with zero attached hydrogens (tertiary/aromatic N) is 2. The fourth-order valence-corrected chi connectivity index (χ4v) is 3.55. The summed E-state index contributed by atoms with van der Waals surface area (Å²) < 4.78 is 67.5. The molecule has 0 saturated carbocycles. The van der Waals surface area contributed by atoms with Crippen molar-refractivity contribution in [1.82, 2.24) is 15.2 Å². The van der Waals surface area contributed by atoms with Crippen molar-refractivity contribution in [3.05, 3.63) is 24.0 Å². The number of halogens is 3. The van der Waals surface area contributed by atoms with Crippen molar-refractivity contribution in [1.29, 1.82) is 0 Å². The number of rotatable bonds is 3. The van der Waals surface area contributed by atoms with E-state index in [1.807, 2.05) is 0 Å². The van der Waals surface area contributed by atoms with Crippen molar-refractivity contribution >= 4 is 15.9 Å². The highest BCUT2D eigenvalue weighted by Crippen LogP contribution is 2.31. The van der Waals surface area contributed by atoms with Crippen LogP contribution in [0.2, 0.25) is 0 Å². The van der Waals surface area contributed by atoms with Crippen LogP contribution in [0.5, 0.6) is 0 Å². The van der Waals surface area contributed by atoms with Gasteiger partial charge in [0.2, 0.25) is 0 Å². The Kier molecular flexibility index (Phi) is 5.52. The molecule has 0 aliphatic carbocycles. The maximum absolute atomic E-state index is 13.0. The zero-order valence-corrected chi connectivity index (χ0v) is 15.3. The van der Waals surface area contributed by atoms with Crippen molar-refractivity contribution in [3.63, 3.8) is 0 Å². The van der Waals surface area contributed by atoms with E-state index in [1.165, 1.54) is 32.2 Å². The number of carbonyl (C=O) groups is 1. The molecule has 11 heteroatoms. The molecule has 0 spiro atoms. The lowest BCUT2D eigenvalue weighted by molar-refractivity contribution is -0.267. The van der Waals surface area contributed by atoms with E-state index in [1.54, 1.807) is 0 Å². The second-order valence-corrected chi connectivity index (χ2v) is 8.65. The number of ether oxygens (including phenoxy) is 1. The quantitative estimate of drug-likeness (QED) is 0.842. The van der Waals surface area contributed by atoms with Crippen LogP contribution in [0.3, 0.4) is 0 Å². The molecule has 146 valence electrons.